The largest absolute Gasteiger partial charge is 0.395 e. The van der Waals surface area contributed by atoms with Gasteiger partial charge in [0.2, 0.25) is 0 Å². The minimum atomic E-state index is 0.0968. The van der Waals surface area contributed by atoms with E-state index in [0.717, 1.165) is 40.3 Å². The van der Waals surface area contributed by atoms with Crippen molar-refractivity contribution in [2.75, 3.05) is 12.3 Å². The normalized spacial score (nSPS) is 14.0. The van der Waals surface area contributed by atoms with Gasteiger partial charge in [-0.25, -0.2) is 4.98 Å². The summed E-state index contributed by atoms with van der Waals surface area (Å²) in [7, 11) is 0. The number of fused-ring (bicyclic) bond motifs is 2. The van der Waals surface area contributed by atoms with Gasteiger partial charge < -0.3 is 15.4 Å². The lowest BCUT2D eigenvalue weighted by atomic mass is 10.1. The summed E-state index contributed by atoms with van der Waals surface area (Å²) in [6.45, 7) is 0.638. The van der Waals surface area contributed by atoms with E-state index >= 15 is 0 Å². The van der Waals surface area contributed by atoms with Crippen LogP contribution in [0.2, 0.25) is 0 Å². The summed E-state index contributed by atoms with van der Waals surface area (Å²) >= 11 is 1.70. The topological polar surface area (TPSA) is 64.1 Å². The van der Waals surface area contributed by atoms with Crippen LogP contribution in [-0.2, 0) is 19.4 Å². The molecule has 0 bridgehead atoms. The molecule has 1 aliphatic carbocycles. The van der Waals surface area contributed by atoms with Crippen LogP contribution in [0.25, 0.3) is 22.4 Å². The van der Waals surface area contributed by atoms with E-state index in [2.05, 4.69) is 4.57 Å². The van der Waals surface area contributed by atoms with Crippen molar-refractivity contribution < 1.29 is 5.11 Å². The molecule has 0 unspecified atom stereocenters. The molecule has 1 aromatic carbocycles. The lowest BCUT2D eigenvalue weighted by molar-refractivity contribution is 0.278. The Bertz CT molecular complexity index is 818. The van der Waals surface area contributed by atoms with Crippen molar-refractivity contribution in [3.63, 3.8) is 0 Å². The first-order valence-corrected chi connectivity index (χ1v) is 8.07. The maximum Gasteiger partial charge on any atom is 0.144 e. The number of benzene rings is 1. The summed E-state index contributed by atoms with van der Waals surface area (Å²) in [5.74, 6) is 0.905. The number of hydrogen-bond donors (Lipinski definition) is 2. The molecule has 21 heavy (non-hydrogen) atoms. The Morgan fingerprint density at radius 1 is 1.29 bits per heavy atom. The van der Waals surface area contributed by atoms with Gasteiger partial charge in [0.15, 0.2) is 0 Å². The Balaban J connectivity index is 2.00. The summed E-state index contributed by atoms with van der Waals surface area (Å²) in [5, 5.41) is 10.3. The number of hydrogen-bond acceptors (Lipinski definition) is 4. The summed E-state index contributed by atoms with van der Waals surface area (Å²) in [6.07, 6.45) is 3.42. The molecule has 0 saturated heterocycles. The van der Waals surface area contributed by atoms with Crippen molar-refractivity contribution in [2.45, 2.75) is 25.8 Å². The molecular weight excluding hydrogens is 282 g/mol. The van der Waals surface area contributed by atoms with Crippen molar-refractivity contribution >= 4 is 27.4 Å². The van der Waals surface area contributed by atoms with Gasteiger partial charge in [-0.3, -0.25) is 0 Å². The number of thiophene rings is 1. The number of nitrogen functional groups attached to an aromatic ring is 1. The van der Waals surface area contributed by atoms with E-state index in [1.165, 1.54) is 16.9 Å². The zero-order valence-corrected chi connectivity index (χ0v) is 12.5. The van der Waals surface area contributed by atoms with Gasteiger partial charge in [-0.05, 0) is 37.0 Å². The molecule has 2 heterocycles. The fourth-order valence-electron chi connectivity index (χ4n) is 3.26. The average molecular weight is 299 g/mol. The maximum atomic E-state index is 9.40. The molecule has 108 valence electrons. The van der Waals surface area contributed by atoms with Crippen LogP contribution in [0.15, 0.2) is 24.3 Å². The molecule has 2 aromatic heterocycles. The van der Waals surface area contributed by atoms with Gasteiger partial charge in [-0.1, -0.05) is 12.1 Å². The summed E-state index contributed by atoms with van der Waals surface area (Å²) in [6, 6.07) is 8.05. The van der Waals surface area contributed by atoms with Gasteiger partial charge in [-0.15, -0.1) is 11.3 Å². The lowest BCUT2D eigenvalue weighted by Gasteiger charge is -2.08. The number of imidazole rings is 1. The zero-order valence-electron chi connectivity index (χ0n) is 11.7. The summed E-state index contributed by atoms with van der Waals surface area (Å²) in [4.78, 5) is 6.20. The lowest BCUT2D eigenvalue weighted by Crippen LogP contribution is -2.05. The Morgan fingerprint density at radius 3 is 3.00 bits per heavy atom. The first-order valence-electron chi connectivity index (χ1n) is 7.26. The highest BCUT2D eigenvalue weighted by atomic mass is 32.1. The third kappa shape index (κ3) is 1.88. The Hall–Kier alpha value is -1.85. The standard InChI is InChI=1S/C16H17N3OS/c17-15-14(10-4-3-7-13(10)21-15)16-18-11-5-1-2-6-12(11)19(16)8-9-20/h1-2,5-6,20H,3-4,7-9,17H2. The predicted molar refractivity (Wildman–Crippen MR) is 86.6 cm³/mol. The van der Waals surface area contributed by atoms with Gasteiger partial charge in [0.05, 0.1) is 28.2 Å². The maximum absolute atomic E-state index is 9.40. The van der Waals surface area contributed by atoms with Crippen LogP contribution in [0.4, 0.5) is 5.00 Å². The second kappa shape index (κ2) is 4.86. The summed E-state index contributed by atoms with van der Waals surface area (Å²) in [5.41, 5.74) is 10.7. The van der Waals surface area contributed by atoms with Crippen molar-refractivity contribution in [1.29, 1.82) is 0 Å². The number of aromatic nitrogens is 2. The molecule has 5 heteroatoms. The first kappa shape index (κ1) is 12.9. The highest BCUT2D eigenvalue weighted by molar-refractivity contribution is 7.16. The highest BCUT2D eigenvalue weighted by Gasteiger charge is 2.25. The van der Waals surface area contributed by atoms with Crippen LogP contribution in [0.3, 0.4) is 0 Å². The molecule has 0 spiro atoms. The van der Waals surface area contributed by atoms with Crippen LogP contribution in [-0.4, -0.2) is 21.3 Å². The number of aliphatic hydroxyl groups is 1. The zero-order chi connectivity index (χ0) is 14.4. The van der Waals surface area contributed by atoms with E-state index in [1.807, 2.05) is 24.3 Å². The number of aryl methyl sites for hydroxylation is 1. The molecule has 0 radical (unpaired) electrons. The Morgan fingerprint density at radius 2 is 2.14 bits per heavy atom. The van der Waals surface area contributed by atoms with Crippen LogP contribution >= 0.6 is 11.3 Å². The molecule has 0 amide bonds. The number of aliphatic hydroxyl groups excluding tert-OH is 1. The van der Waals surface area contributed by atoms with Crippen molar-refractivity contribution in [2.24, 2.45) is 0 Å². The van der Waals surface area contributed by atoms with Gasteiger partial charge in [0.25, 0.3) is 0 Å². The third-order valence-corrected chi connectivity index (χ3v) is 5.27. The minimum Gasteiger partial charge on any atom is -0.395 e. The molecule has 0 fully saturated rings. The van der Waals surface area contributed by atoms with Gasteiger partial charge in [0.1, 0.15) is 5.82 Å². The van der Waals surface area contributed by atoms with Gasteiger partial charge >= 0.3 is 0 Å². The Labute approximate surface area is 126 Å². The SMILES string of the molecule is Nc1sc2c(c1-c1nc3ccccc3n1CCO)CCC2. The molecule has 0 atom stereocenters. The van der Waals surface area contributed by atoms with E-state index in [9.17, 15) is 5.11 Å². The van der Waals surface area contributed by atoms with Crippen LogP contribution in [0.5, 0.6) is 0 Å². The molecule has 3 N–H and O–H groups in total. The number of nitrogens with zero attached hydrogens (tertiary/aromatic N) is 2. The van der Waals surface area contributed by atoms with E-state index < -0.39 is 0 Å². The van der Waals surface area contributed by atoms with Crippen LogP contribution in [0, 0.1) is 0 Å². The van der Waals surface area contributed by atoms with E-state index in [-0.39, 0.29) is 6.61 Å². The van der Waals surface area contributed by atoms with Crippen LogP contribution < -0.4 is 5.73 Å². The minimum absolute atomic E-state index is 0.0968. The van der Waals surface area contributed by atoms with E-state index in [4.69, 9.17) is 10.7 Å². The second-order valence-corrected chi connectivity index (χ2v) is 6.53. The van der Waals surface area contributed by atoms with E-state index in [0.29, 0.717) is 6.54 Å². The highest BCUT2D eigenvalue weighted by Crippen LogP contribution is 2.43. The third-order valence-electron chi connectivity index (χ3n) is 4.15. The fraction of sp³-hybridized carbons (Fsp3) is 0.312. The molecule has 0 aliphatic heterocycles. The number of anilines is 1. The molecule has 3 aromatic rings. The van der Waals surface area contributed by atoms with E-state index in [1.54, 1.807) is 11.3 Å². The quantitative estimate of drug-likeness (QED) is 0.781. The Kier molecular flexibility index (Phi) is 2.97. The first-order chi connectivity index (χ1) is 10.3. The molecular formula is C16H17N3OS. The monoisotopic (exact) mass is 299 g/mol. The van der Waals surface area contributed by atoms with Crippen LogP contribution in [0.1, 0.15) is 16.9 Å². The molecule has 4 rings (SSSR count). The molecule has 0 saturated carbocycles. The summed E-state index contributed by atoms with van der Waals surface area (Å²) < 4.78 is 2.09. The predicted octanol–water partition coefficient (Wildman–Crippen LogP) is 2.83. The van der Waals surface area contributed by atoms with Gasteiger partial charge in [0, 0.05) is 11.4 Å². The number of para-hydroxylation sites is 2. The van der Waals surface area contributed by atoms with Crippen molar-refractivity contribution in [3.8, 4) is 11.4 Å². The van der Waals surface area contributed by atoms with Crippen molar-refractivity contribution in [1.82, 2.24) is 9.55 Å². The molecule has 4 nitrogen and oxygen atoms in total. The fourth-order valence-corrected chi connectivity index (χ4v) is 4.42. The number of nitrogens with two attached hydrogens (primary N) is 1. The second-order valence-electron chi connectivity index (χ2n) is 5.40. The molecule has 1 aliphatic rings. The van der Waals surface area contributed by atoms with Crippen molar-refractivity contribution in [3.05, 3.63) is 34.7 Å². The average Bonchev–Trinajstić information content (AvgIpc) is 3.13. The number of rotatable bonds is 3. The smallest absolute Gasteiger partial charge is 0.144 e. The van der Waals surface area contributed by atoms with Gasteiger partial charge in [-0.2, -0.15) is 0 Å².